The van der Waals surface area contributed by atoms with E-state index in [2.05, 4.69) is 52.9 Å². The van der Waals surface area contributed by atoms with Crippen LogP contribution >= 0.6 is 0 Å². The smallest absolute Gasteiger partial charge is 0.192 e. The molecule has 2 atom stereocenters. The number of hydrogen-bond acceptors (Lipinski definition) is 3. The van der Waals surface area contributed by atoms with E-state index in [1.807, 2.05) is 18.2 Å². The van der Waals surface area contributed by atoms with Crippen LogP contribution in [-0.4, -0.2) is 27.3 Å². The third-order valence-electron chi connectivity index (χ3n) is 5.04. The first-order valence-corrected chi connectivity index (χ1v) is 11.8. The number of ether oxygens (including phenoxy) is 1. The molecule has 0 aromatic heterocycles. The van der Waals surface area contributed by atoms with Crippen molar-refractivity contribution in [2.24, 2.45) is 5.92 Å². The summed E-state index contributed by atoms with van der Waals surface area (Å²) in [6, 6.07) is 10.2. The second-order valence-corrected chi connectivity index (χ2v) is 12.9. The predicted molar refractivity (Wildman–Crippen MR) is 103 cm³/mol. The van der Waals surface area contributed by atoms with E-state index in [1.165, 1.54) is 5.56 Å². The van der Waals surface area contributed by atoms with Crippen LogP contribution in [0.1, 0.15) is 46.1 Å². The van der Waals surface area contributed by atoms with Gasteiger partial charge in [-0.3, -0.25) is 0 Å². The molecule has 3 nitrogen and oxygen atoms in total. The molecular weight excluding hydrogens is 316 g/mol. The molecule has 0 saturated heterocycles. The Morgan fingerprint density at radius 2 is 1.79 bits per heavy atom. The lowest BCUT2D eigenvalue weighted by Crippen LogP contribution is -2.45. The third kappa shape index (κ3) is 6.87. The molecule has 1 aromatic rings. The minimum absolute atomic E-state index is 0.0104. The topological polar surface area (TPSA) is 35.5 Å². The number of aldehydes is 1. The van der Waals surface area contributed by atoms with E-state index in [4.69, 9.17) is 9.16 Å². The molecule has 0 aliphatic carbocycles. The molecule has 1 rings (SSSR count). The van der Waals surface area contributed by atoms with Crippen LogP contribution in [0.2, 0.25) is 18.1 Å². The average Bonchev–Trinajstić information content (AvgIpc) is 2.50. The van der Waals surface area contributed by atoms with Gasteiger partial charge in [0.25, 0.3) is 0 Å². The van der Waals surface area contributed by atoms with Crippen molar-refractivity contribution in [3.05, 3.63) is 35.9 Å². The monoisotopic (exact) mass is 350 g/mol. The van der Waals surface area contributed by atoms with E-state index in [0.717, 1.165) is 12.7 Å². The van der Waals surface area contributed by atoms with Gasteiger partial charge in [-0.25, -0.2) is 0 Å². The van der Waals surface area contributed by atoms with E-state index < -0.39 is 8.32 Å². The van der Waals surface area contributed by atoms with Crippen molar-refractivity contribution in [3.63, 3.8) is 0 Å². The van der Waals surface area contributed by atoms with Gasteiger partial charge < -0.3 is 14.0 Å². The summed E-state index contributed by atoms with van der Waals surface area (Å²) < 4.78 is 12.3. The van der Waals surface area contributed by atoms with Crippen LogP contribution in [0.4, 0.5) is 0 Å². The van der Waals surface area contributed by atoms with Gasteiger partial charge in [0.05, 0.1) is 12.7 Å². The number of benzene rings is 1. The summed E-state index contributed by atoms with van der Waals surface area (Å²) in [7, 11) is -1.87. The van der Waals surface area contributed by atoms with Gasteiger partial charge >= 0.3 is 0 Å². The lowest BCUT2D eigenvalue weighted by molar-refractivity contribution is -0.110. The van der Waals surface area contributed by atoms with Crippen molar-refractivity contribution < 1.29 is 14.0 Å². The first-order chi connectivity index (χ1) is 11.2. The van der Waals surface area contributed by atoms with E-state index in [9.17, 15) is 4.79 Å². The highest BCUT2D eigenvalue weighted by atomic mass is 28.4. The molecule has 0 aliphatic rings. The molecule has 0 aliphatic heterocycles. The fraction of sp³-hybridized carbons (Fsp3) is 0.650. The Hall–Kier alpha value is -0.973. The van der Waals surface area contributed by atoms with Crippen LogP contribution in [-0.2, 0) is 20.6 Å². The lowest BCUT2D eigenvalue weighted by Gasteiger charge is -2.40. The SMILES string of the molecule is C[C@H](CCOCc1ccccc1)[C@@H](CC=O)O[Si](C)(C)C(C)(C)C. The number of carbonyl (C=O) groups is 1. The van der Waals surface area contributed by atoms with E-state index in [-0.39, 0.29) is 11.1 Å². The van der Waals surface area contributed by atoms with Crippen molar-refractivity contribution in [1.82, 2.24) is 0 Å². The molecule has 24 heavy (non-hydrogen) atoms. The quantitative estimate of drug-likeness (QED) is 0.330. The molecule has 0 radical (unpaired) electrons. The highest BCUT2D eigenvalue weighted by Gasteiger charge is 2.39. The summed E-state index contributed by atoms with van der Waals surface area (Å²) in [6.45, 7) is 14.6. The second kappa shape index (κ2) is 9.49. The number of carbonyl (C=O) groups excluding carboxylic acids is 1. The molecule has 0 N–H and O–H groups in total. The largest absolute Gasteiger partial charge is 0.413 e. The summed E-state index contributed by atoms with van der Waals surface area (Å²) in [4.78, 5) is 11.1. The normalized spacial score (nSPS) is 15.1. The Labute approximate surface area is 148 Å². The number of rotatable bonds is 10. The van der Waals surface area contributed by atoms with Crippen LogP contribution in [0.3, 0.4) is 0 Å². The molecule has 0 unspecified atom stereocenters. The van der Waals surface area contributed by atoms with Crippen molar-refractivity contribution >= 4 is 14.6 Å². The van der Waals surface area contributed by atoms with Crippen molar-refractivity contribution in [3.8, 4) is 0 Å². The molecule has 1 aromatic carbocycles. The zero-order chi connectivity index (χ0) is 18.2. The first-order valence-electron chi connectivity index (χ1n) is 8.90. The van der Waals surface area contributed by atoms with Gasteiger partial charge in [-0.15, -0.1) is 0 Å². The fourth-order valence-electron chi connectivity index (χ4n) is 2.27. The minimum Gasteiger partial charge on any atom is -0.413 e. The van der Waals surface area contributed by atoms with Crippen molar-refractivity contribution in [2.75, 3.05) is 6.61 Å². The molecular formula is C20H34O3Si. The maximum Gasteiger partial charge on any atom is 0.192 e. The maximum atomic E-state index is 11.1. The fourth-order valence-corrected chi connectivity index (χ4v) is 3.70. The lowest BCUT2D eigenvalue weighted by atomic mass is 9.99. The summed E-state index contributed by atoms with van der Waals surface area (Å²) in [5, 5.41) is 0.150. The standard InChI is InChI=1S/C20H34O3Si/c1-17(13-15-22-16-18-10-8-7-9-11-18)19(12-14-21)23-24(5,6)20(2,3)4/h7-11,14,17,19H,12-13,15-16H2,1-6H3/t17-,19-/m1/s1. The van der Waals surface area contributed by atoms with Gasteiger partial charge in [0.2, 0.25) is 0 Å². The molecule has 0 bridgehead atoms. The molecule has 0 saturated carbocycles. The molecule has 0 amide bonds. The molecule has 0 heterocycles. The van der Waals surface area contributed by atoms with Gasteiger partial charge in [0.15, 0.2) is 8.32 Å². The Morgan fingerprint density at radius 1 is 1.17 bits per heavy atom. The van der Waals surface area contributed by atoms with E-state index in [1.54, 1.807) is 0 Å². The maximum absolute atomic E-state index is 11.1. The summed E-state index contributed by atoms with van der Waals surface area (Å²) in [5.41, 5.74) is 1.19. The zero-order valence-electron chi connectivity index (χ0n) is 16.2. The Kier molecular flexibility index (Phi) is 8.34. The van der Waals surface area contributed by atoms with Gasteiger partial charge in [-0.1, -0.05) is 58.0 Å². The van der Waals surface area contributed by atoms with E-state index in [0.29, 0.717) is 25.6 Å². The summed E-state index contributed by atoms with van der Waals surface area (Å²) in [5.74, 6) is 0.306. The molecule has 4 heteroatoms. The van der Waals surface area contributed by atoms with E-state index >= 15 is 0 Å². The highest BCUT2D eigenvalue weighted by molar-refractivity contribution is 6.74. The average molecular weight is 351 g/mol. The van der Waals surface area contributed by atoms with Gasteiger partial charge in [-0.2, -0.15) is 0 Å². The second-order valence-electron chi connectivity index (χ2n) is 8.12. The molecule has 0 spiro atoms. The summed E-state index contributed by atoms with van der Waals surface area (Å²) in [6.07, 6.45) is 2.34. The van der Waals surface area contributed by atoms with Crippen molar-refractivity contribution in [2.45, 2.75) is 71.4 Å². The molecule has 136 valence electrons. The first kappa shape index (κ1) is 21.1. The van der Waals surface area contributed by atoms with Crippen LogP contribution in [0.5, 0.6) is 0 Å². The van der Waals surface area contributed by atoms with Gasteiger partial charge in [0, 0.05) is 13.0 Å². The zero-order valence-corrected chi connectivity index (χ0v) is 17.2. The Balaban J connectivity index is 2.48. The predicted octanol–water partition coefficient (Wildman–Crippen LogP) is 5.21. The van der Waals surface area contributed by atoms with Crippen LogP contribution in [0.15, 0.2) is 30.3 Å². The van der Waals surface area contributed by atoms with Crippen LogP contribution in [0.25, 0.3) is 0 Å². The van der Waals surface area contributed by atoms with Crippen molar-refractivity contribution in [1.29, 1.82) is 0 Å². The minimum atomic E-state index is -1.87. The molecule has 0 fully saturated rings. The Bertz CT molecular complexity index is 479. The van der Waals surface area contributed by atoms with Crippen LogP contribution in [0, 0.1) is 5.92 Å². The number of hydrogen-bond donors (Lipinski definition) is 0. The van der Waals surface area contributed by atoms with Gasteiger partial charge in [-0.05, 0) is 36.0 Å². The summed E-state index contributed by atoms with van der Waals surface area (Å²) >= 11 is 0. The highest BCUT2D eigenvalue weighted by Crippen LogP contribution is 2.38. The van der Waals surface area contributed by atoms with Crippen LogP contribution < -0.4 is 0 Å². The van der Waals surface area contributed by atoms with Gasteiger partial charge in [0.1, 0.15) is 6.29 Å². The third-order valence-corrected chi connectivity index (χ3v) is 9.55. The Morgan fingerprint density at radius 3 is 2.33 bits per heavy atom.